The maximum absolute atomic E-state index is 12.4. The Bertz CT molecular complexity index is 581. The van der Waals surface area contributed by atoms with E-state index in [0.717, 1.165) is 0 Å². The number of aliphatic carboxylic acids is 1. The van der Waals surface area contributed by atoms with E-state index >= 15 is 0 Å². The van der Waals surface area contributed by atoms with Crippen LogP contribution in [0.15, 0.2) is 24.3 Å². The van der Waals surface area contributed by atoms with Gasteiger partial charge in [-0.3, -0.25) is 9.59 Å². The van der Waals surface area contributed by atoms with E-state index in [0.29, 0.717) is 24.1 Å². The number of benzene rings is 1. The predicted octanol–water partition coefficient (Wildman–Crippen LogP) is 4.40. The number of carboxylic acids is 1. The van der Waals surface area contributed by atoms with Crippen molar-refractivity contribution in [2.24, 2.45) is 5.41 Å². The Labute approximate surface area is 139 Å². The second kappa shape index (κ2) is 8.17. The van der Waals surface area contributed by atoms with E-state index in [2.05, 4.69) is 5.32 Å². The topological polar surface area (TPSA) is 66.4 Å². The molecule has 7 heteroatoms. The van der Waals surface area contributed by atoms with Crippen molar-refractivity contribution in [1.29, 1.82) is 0 Å². The van der Waals surface area contributed by atoms with Gasteiger partial charge in [0.05, 0.1) is 5.41 Å². The third kappa shape index (κ3) is 5.54. The Kier molecular flexibility index (Phi) is 6.81. The molecule has 0 aromatic heterocycles. The van der Waals surface area contributed by atoms with Gasteiger partial charge >= 0.3 is 12.1 Å². The minimum Gasteiger partial charge on any atom is -0.481 e. The Hall–Kier alpha value is -2.05. The lowest BCUT2D eigenvalue weighted by atomic mass is 9.79. The third-order valence-electron chi connectivity index (χ3n) is 4.28. The van der Waals surface area contributed by atoms with Crippen molar-refractivity contribution in [2.45, 2.75) is 52.1 Å². The maximum Gasteiger partial charge on any atom is 0.389 e. The van der Waals surface area contributed by atoms with Crippen LogP contribution in [0, 0.1) is 5.41 Å². The fraction of sp³-hybridized carbons (Fsp3) is 0.529. The number of aryl methyl sites for hydroxylation is 1. The summed E-state index contributed by atoms with van der Waals surface area (Å²) in [6.45, 7) is 3.39. The number of nitrogens with one attached hydrogen (secondary N) is 1. The van der Waals surface area contributed by atoms with Gasteiger partial charge in [0.2, 0.25) is 5.91 Å². The van der Waals surface area contributed by atoms with Gasteiger partial charge in [-0.2, -0.15) is 13.2 Å². The first-order valence-electron chi connectivity index (χ1n) is 7.81. The highest BCUT2D eigenvalue weighted by Crippen LogP contribution is 2.32. The molecule has 0 aliphatic rings. The largest absolute Gasteiger partial charge is 0.481 e. The van der Waals surface area contributed by atoms with Crippen LogP contribution < -0.4 is 5.32 Å². The zero-order valence-electron chi connectivity index (χ0n) is 13.7. The molecule has 134 valence electrons. The first-order valence-corrected chi connectivity index (χ1v) is 7.81. The highest BCUT2D eigenvalue weighted by atomic mass is 19.4. The van der Waals surface area contributed by atoms with Crippen LogP contribution >= 0.6 is 0 Å². The van der Waals surface area contributed by atoms with Crippen LogP contribution in [0.2, 0.25) is 0 Å². The molecule has 4 nitrogen and oxygen atoms in total. The second-order valence-corrected chi connectivity index (χ2v) is 5.79. The van der Waals surface area contributed by atoms with Gasteiger partial charge in [0.1, 0.15) is 0 Å². The SMILES string of the molecule is CCC(CC)(CC(=O)Nc1ccccc1CCC(F)(F)F)C(=O)O. The summed E-state index contributed by atoms with van der Waals surface area (Å²) in [7, 11) is 0. The summed E-state index contributed by atoms with van der Waals surface area (Å²) in [5.74, 6) is -1.56. The maximum atomic E-state index is 12.4. The molecule has 2 N–H and O–H groups in total. The zero-order chi connectivity index (χ0) is 18.4. The molecular weight excluding hydrogens is 323 g/mol. The van der Waals surface area contributed by atoms with Crippen LogP contribution in [0.4, 0.5) is 18.9 Å². The van der Waals surface area contributed by atoms with E-state index in [1.165, 1.54) is 12.1 Å². The van der Waals surface area contributed by atoms with Crippen molar-refractivity contribution in [3.8, 4) is 0 Å². The van der Waals surface area contributed by atoms with Crippen molar-refractivity contribution < 1.29 is 27.9 Å². The van der Waals surface area contributed by atoms with Crippen LogP contribution in [-0.2, 0) is 16.0 Å². The first-order chi connectivity index (χ1) is 11.1. The van der Waals surface area contributed by atoms with Crippen molar-refractivity contribution in [2.75, 3.05) is 5.32 Å². The average Bonchev–Trinajstić information content (AvgIpc) is 2.50. The Morgan fingerprint density at radius 2 is 1.71 bits per heavy atom. The van der Waals surface area contributed by atoms with Gasteiger partial charge in [0, 0.05) is 18.5 Å². The Balaban J connectivity index is 2.85. The van der Waals surface area contributed by atoms with E-state index in [1.807, 2.05) is 0 Å². The van der Waals surface area contributed by atoms with E-state index in [9.17, 15) is 27.9 Å². The van der Waals surface area contributed by atoms with Crippen LogP contribution in [0.1, 0.15) is 45.1 Å². The summed E-state index contributed by atoms with van der Waals surface area (Å²) >= 11 is 0. The van der Waals surface area contributed by atoms with Gasteiger partial charge in [-0.05, 0) is 30.9 Å². The highest BCUT2D eigenvalue weighted by molar-refractivity contribution is 5.94. The molecule has 0 aliphatic heterocycles. The molecule has 1 amide bonds. The van der Waals surface area contributed by atoms with Crippen LogP contribution in [0.5, 0.6) is 0 Å². The van der Waals surface area contributed by atoms with Crippen LogP contribution in [0.25, 0.3) is 0 Å². The summed E-state index contributed by atoms with van der Waals surface area (Å²) in [5, 5.41) is 11.9. The van der Waals surface area contributed by atoms with Gasteiger partial charge in [-0.1, -0.05) is 32.0 Å². The normalized spacial score (nSPS) is 12.0. The monoisotopic (exact) mass is 345 g/mol. The number of carboxylic acid groups (broad SMARTS) is 1. The van der Waals surface area contributed by atoms with E-state index in [-0.39, 0.29) is 12.8 Å². The number of carbonyl (C=O) groups excluding carboxylic acids is 1. The zero-order valence-corrected chi connectivity index (χ0v) is 13.7. The summed E-state index contributed by atoms with van der Waals surface area (Å²) < 4.78 is 37.2. The highest BCUT2D eigenvalue weighted by Gasteiger charge is 2.37. The van der Waals surface area contributed by atoms with Crippen molar-refractivity contribution in [1.82, 2.24) is 0 Å². The standard InChI is InChI=1S/C17H22F3NO3/c1-3-16(4-2,15(23)24)11-14(22)21-13-8-6-5-7-12(13)9-10-17(18,19)20/h5-8H,3-4,9-11H2,1-2H3,(H,21,22)(H,23,24). The number of hydrogen-bond acceptors (Lipinski definition) is 2. The lowest BCUT2D eigenvalue weighted by Gasteiger charge is -2.26. The summed E-state index contributed by atoms with van der Waals surface area (Å²) in [6.07, 6.45) is -5.14. The van der Waals surface area contributed by atoms with Gasteiger partial charge < -0.3 is 10.4 Å². The summed E-state index contributed by atoms with van der Waals surface area (Å²) in [6, 6.07) is 6.24. The lowest BCUT2D eigenvalue weighted by Crippen LogP contribution is -2.34. The number of anilines is 1. The fourth-order valence-electron chi connectivity index (χ4n) is 2.52. The molecule has 1 rings (SSSR count). The number of hydrogen-bond donors (Lipinski definition) is 2. The van der Waals surface area contributed by atoms with E-state index < -0.39 is 29.9 Å². The molecule has 1 aromatic rings. The molecule has 0 heterocycles. The Morgan fingerprint density at radius 1 is 1.12 bits per heavy atom. The number of amides is 1. The molecule has 0 spiro atoms. The summed E-state index contributed by atoms with van der Waals surface area (Å²) in [5.41, 5.74) is -0.499. The molecule has 0 aliphatic carbocycles. The number of rotatable bonds is 8. The number of para-hydroxylation sites is 1. The molecule has 0 unspecified atom stereocenters. The minimum absolute atomic E-state index is 0.219. The molecule has 0 radical (unpaired) electrons. The molecule has 1 aromatic carbocycles. The molecule has 0 fully saturated rings. The fourth-order valence-corrected chi connectivity index (χ4v) is 2.52. The number of alkyl halides is 3. The van der Waals surface area contributed by atoms with Crippen LogP contribution in [0.3, 0.4) is 0 Å². The Morgan fingerprint density at radius 3 is 2.21 bits per heavy atom. The van der Waals surface area contributed by atoms with Crippen molar-refractivity contribution >= 4 is 17.6 Å². The van der Waals surface area contributed by atoms with Crippen molar-refractivity contribution in [3.63, 3.8) is 0 Å². The molecule has 0 saturated carbocycles. The minimum atomic E-state index is -4.28. The van der Waals surface area contributed by atoms with Gasteiger partial charge in [0.15, 0.2) is 0 Å². The van der Waals surface area contributed by atoms with Gasteiger partial charge in [0.25, 0.3) is 0 Å². The molecule has 24 heavy (non-hydrogen) atoms. The number of carbonyl (C=O) groups is 2. The van der Waals surface area contributed by atoms with Crippen LogP contribution in [-0.4, -0.2) is 23.2 Å². The van der Waals surface area contributed by atoms with E-state index in [4.69, 9.17) is 0 Å². The molecular formula is C17H22F3NO3. The van der Waals surface area contributed by atoms with Crippen molar-refractivity contribution in [3.05, 3.63) is 29.8 Å². The molecule has 0 saturated heterocycles. The quantitative estimate of drug-likeness (QED) is 0.734. The number of halogens is 3. The molecule has 0 atom stereocenters. The lowest BCUT2D eigenvalue weighted by molar-refractivity contribution is -0.151. The predicted molar refractivity (Wildman–Crippen MR) is 84.7 cm³/mol. The van der Waals surface area contributed by atoms with E-state index in [1.54, 1.807) is 26.0 Å². The smallest absolute Gasteiger partial charge is 0.389 e. The third-order valence-corrected chi connectivity index (χ3v) is 4.28. The molecule has 0 bridgehead atoms. The van der Waals surface area contributed by atoms with Gasteiger partial charge in [-0.15, -0.1) is 0 Å². The average molecular weight is 345 g/mol. The van der Waals surface area contributed by atoms with Gasteiger partial charge in [-0.25, -0.2) is 0 Å². The summed E-state index contributed by atoms with van der Waals surface area (Å²) in [4.78, 5) is 23.7. The second-order valence-electron chi connectivity index (χ2n) is 5.79. The first kappa shape index (κ1) is 20.0.